The topological polar surface area (TPSA) is 29.1 Å². The van der Waals surface area contributed by atoms with Gasteiger partial charge in [-0.15, -0.1) is 23.1 Å². The number of halogens is 2. The zero-order valence-corrected chi connectivity index (χ0v) is 15.5. The summed E-state index contributed by atoms with van der Waals surface area (Å²) in [5.41, 5.74) is 0.566. The van der Waals surface area contributed by atoms with Crippen LogP contribution < -0.4 is 5.32 Å². The van der Waals surface area contributed by atoms with Gasteiger partial charge in [-0.25, -0.2) is 8.78 Å². The van der Waals surface area contributed by atoms with Crippen LogP contribution in [0.2, 0.25) is 0 Å². The zero-order valence-electron chi connectivity index (χ0n) is 13.9. The van der Waals surface area contributed by atoms with Gasteiger partial charge in [0.15, 0.2) is 0 Å². The SMILES string of the molecule is O=C(NCCc1c(F)cccc1F)c1ccccc1SCc1cccs1. The molecule has 1 heterocycles. The van der Waals surface area contributed by atoms with Crippen LogP contribution in [0, 0.1) is 11.6 Å². The van der Waals surface area contributed by atoms with Crippen molar-refractivity contribution >= 4 is 29.0 Å². The molecule has 2 aromatic carbocycles. The van der Waals surface area contributed by atoms with E-state index in [-0.39, 0.29) is 24.4 Å². The van der Waals surface area contributed by atoms with Crippen LogP contribution in [0.3, 0.4) is 0 Å². The van der Waals surface area contributed by atoms with E-state index < -0.39 is 11.6 Å². The second-order valence-electron chi connectivity index (χ2n) is 5.57. The van der Waals surface area contributed by atoms with Crippen LogP contribution in [0.25, 0.3) is 0 Å². The first-order valence-corrected chi connectivity index (χ1v) is 9.97. The third-order valence-electron chi connectivity index (χ3n) is 3.80. The summed E-state index contributed by atoms with van der Waals surface area (Å²) in [5, 5.41) is 4.78. The van der Waals surface area contributed by atoms with Crippen molar-refractivity contribution in [3.05, 3.63) is 87.6 Å². The monoisotopic (exact) mass is 389 g/mol. The highest BCUT2D eigenvalue weighted by molar-refractivity contribution is 7.98. The molecule has 2 nitrogen and oxygen atoms in total. The van der Waals surface area contributed by atoms with E-state index in [0.717, 1.165) is 10.6 Å². The normalized spacial score (nSPS) is 10.7. The van der Waals surface area contributed by atoms with Crippen LogP contribution in [0.1, 0.15) is 20.8 Å². The summed E-state index contributed by atoms with van der Waals surface area (Å²) in [6, 6.07) is 15.2. The Kier molecular flexibility index (Phi) is 6.41. The lowest BCUT2D eigenvalue weighted by Gasteiger charge is -2.10. The standard InChI is InChI=1S/C20H17F2NOS2/c21-17-7-3-8-18(22)15(17)10-11-23-20(24)16-6-1-2-9-19(16)26-13-14-5-4-12-25-14/h1-9,12H,10-11,13H2,(H,23,24). The summed E-state index contributed by atoms with van der Waals surface area (Å²) < 4.78 is 27.3. The largest absolute Gasteiger partial charge is 0.352 e. The molecule has 0 fully saturated rings. The first-order chi connectivity index (χ1) is 12.6. The van der Waals surface area contributed by atoms with E-state index in [1.807, 2.05) is 23.6 Å². The quantitative estimate of drug-likeness (QED) is 0.556. The molecule has 0 unspecified atom stereocenters. The minimum atomic E-state index is -0.592. The van der Waals surface area contributed by atoms with Gasteiger partial charge in [0.25, 0.3) is 5.91 Å². The van der Waals surface area contributed by atoms with E-state index >= 15 is 0 Å². The van der Waals surface area contributed by atoms with Crippen molar-refractivity contribution in [2.24, 2.45) is 0 Å². The minimum absolute atomic E-state index is 0.00634. The average Bonchev–Trinajstić information content (AvgIpc) is 3.16. The molecule has 0 aliphatic heterocycles. The van der Waals surface area contributed by atoms with E-state index in [1.165, 1.54) is 23.1 Å². The molecule has 3 aromatic rings. The molecular formula is C20H17F2NOS2. The van der Waals surface area contributed by atoms with E-state index in [9.17, 15) is 13.6 Å². The first kappa shape index (κ1) is 18.6. The summed E-state index contributed by atoms with van der Waals surface area (Å²) in [5.74, 6) is -0.629. The molecule has 26 heavy (non-hydrogen) atoms. The molecule has 0 radical (unpaired) electrons. The molecule has 0 bridgehead atoms. The van der Waals surface area contributed by atoms with Crippen LogP contribution in [-0.4, -0.2) is 12.5 Å². The average molecular weight is 389 g/mol. The summed E-state index contributed by atoms with van der Waals surface area (Å²) in [6.07, 6.45) is 0.106. The maximum Gasteiger partial charge on any atom is 0.252 e. The van der Waals surface area contributed by atoms with Gasteiger partial charge in [-0.3, -0.25) is 4.79 Å². The number of hydrogen-bond donors (Lipinski definition) is 1. The van der Waals surface area contributed by atoms with Gasteiger partial charge in [0.2, 0.25) is 0 Å². The Bertz CT molecular complexity index is 861. The fourth-order valence-corrected chi connectivity index (χ4v) is 4.31. The summed E-state index contributed by atoms with van der Waals surface area (Å²) in [4.78, 5) is 14.6. The lowest BCUT2D eigenvalue weighted by Crippen LogP contribution is -2.26. The number of rotatable bonds is 7. The molecule has 1 N–H and O–H groups in total. The van der Waals surface area contributed by atoms with Crippen molar-refractivity contribution in [1.29, 1.82) is 0 Å². The van der Waals surface area contributed by atoms with E-state index in [2.05, 4.69) is 11.4 Å². The lowest BCUT2D eigenvalue weighted by molar-refractivity contribution is 0.0951. The van der Waals surface area contributed by atoms with Crippen molar-refractivity contribution in [3.8, 4) is 0 Å². The molecule has 3 rings (SSSR count). The molecular weight excluding hydrogens is 372 g/mol. The number of carbonyl (C=O) groups is 1. The van der Waals surface area contributed by atoms with E-state index in [0.29, 0.717) is 5.56 Å². The fraction of sp³-hybridized carbons (Fsp3) is 0.150. The highest BCUT2D eigenvalue weighted by Gasteiger charge is 2.13. The maximum atomic E-state index is 13.6. The third kappa shape index (κ3) is 4.71. The Labute approximate surface area is 159 Å². The van der Waals surface area contributed by atoms with Crippen molar-refractivity contribution in [2.75, 3.05) is 6.54 Å². The van der Waals surface area contributed by atoms with Crippen molar-refractivity contribution in [1.82, 2.24) is 5.32 Å². The molecule has 0 saturated heterocycles. The summed E-state index contributed by atoms with van der Waals surface area (Å²) in [6.45, 7) is 0.167. The summed E-state index contributed by atoms with van der Waals surface area (Å²) >= 11 is 3.28. The molecule has 0 atom stereocenters. The molecule has 134 valence electrons. The Morgan fingerprint density at radius 3 is 2.50 bits per heavy atom. The maximum absolute atomic E-state index is 13.6. The van der Waals surface area contributed by atoms with Crippen LogP contribution in [0.4, 0.5) is 8.78 Å². The second kappa shape index (κ2) is 8.96. The van der Waals surface area contributed by atoms with Gasteiger partial charge in [0.1, 0.15) is 11.6 Å². The molecule has 1 aromatic heterocycles. The van der Waals surface area contributed by atoms with Gasteiger partial charge < -0.3 is 5.32 Å². The highest BCUT2D eigenvalue weighted by atomic mass is 32.2. The fourth-order valence-electron chi connectivity index (χ4n) is 2.49. The number of thiophene rings is 1. The molecule has 0 aliphatic rings. The number of hydrogen-bond acceptors (Lipinski definition) is 3. The predicted octanol–water partition coefficient (Wildman–Crippen LogP) is 5.29. The van der Waals surface area contributed by atoms with Crippen LogP contribution >= 0.6 is 23.1 Å². The van der Waals surface area contributed by atoms with Crippen LogP contribution in [0.15, 0.2) is 64.9 Å². The number of nitrogens with one attached hydrogen (secondary N) is 1. The number of thioether (sulfide) groups is 1. The second-order valence-corrected chi connectivity index (χ2v) is 7.62. The summed E-state index contributed by atoms with van der Waals surface area (Å²) in [7, 11) is 0. The first-order valence-electron chi connectivity index (χ1n) is 8.10. The minimum Gasteiger partial charge on any atom is -0.352 e. The van der Waals surface area contributed by atoms with Gasteiger partial charge in [-0.05, 0) is 42.1 Å². The molecule has 0 saturated carbocycles. The third-order valence-corrected chi connectivity index (χ3v) is 5.99. The molecule has 6 heteroatoms. The number of amides is 1. The van der Waals surface area contributed by atoms with Crippen molar-refractivity contribution < 1.29 is 13.6 Å². The number of carbonyl (C=O) groups excluding carboxylic acids is 1. The number of benzene rings is 2. The highest BCUT2D eigenvalue weighted by Crippen LogP contribution is 2.28. The van der Waals surface area contributed by atoms with E-state index in [4.69, 9.17) is 0 Å². The predicted molar refractivity (Wildman–Crippen MR) is 103 cm³/mol. The van der Waals surface area contributed by atoms with Gasteiger partial charge >= 0.3 is 0 Å². The van der Waals surface area contributed by atoms with Crippen molar-refractivity contribution in [2.45, 2.75) is 17.1 Å². The molecule has 0 spiro atoms. The van der Waals surface area contributed by atoms with Gasteiger partial charge in [0, 0.05) is 27.6 Å². The molecule has 1 amide bonds. The Morgan fingerprint density at radius 2 is 1.77 bits per heavy atom. The Hall–Kier alpha value is -2.18. The smallest absolute Gasteiger partial charge is 0.252 e. The van der Waals surface area contributed by atoms with Gasteiger partial charge in [-0.1, -0.05) is 24.3 Å². The van der Waals surface area contributed by atoms with Gasteiger partial charge in [-0.2, -0.15) is 0 Å². The van der Waals surface area contributed by atoms with E-state index in [1.54, 1.807) is 35.2 Å². The van der Waals surface area contributed by atoms with Crippen LogP contribution in [-0.2, 0) is 12.2 Å². The van der Waals surface area contributed by atoms with Crippen LogP contribution in [0.5, 0.6) is 0 Å². The molecule has 0 aliphatic carbocycles. The Balaban J connectivity index is 1.61. The lowest BCUT2D eigenvalue weighted by atomic mass is 10.1. The zero-order chi connectivity index (χ0) is 18.4. The van der Waals surface area contributed by atoms with Gasteiger partial charge in [0.05, 0.1) is 5.56 Å². The van der Waals surface area contributed by atoms with Crippen molar-refractivity contribution in [3.63, 3.8) is 0 Å². The Morgan fingerprint density at radius 1 is 1.00 bits per heavy atom.